The molecule has 0 aromatic heterocycles. The zero-order chi connectivity index (χ0) is 14.4. The molecular formula is C16H14NNaO3. The molecule has 21 heavy (non-hydrogen) atoms. The number of rotatable bonds is 5. The Hall–Kier alpha value is -1.62. The van der Waals surface area contributed by atoms with Gasteiger partial charge in [0, 0.05) is 5.56 Å². The van der Waals surface area contributed by atoms with Crippen LogP contribution < -0.4 is 40.0 Å². The van der Waals surface area contributed by atoms with Crippen LogP contribution in [0, 0.1) is 0 Å². The molecule has 1 amide bonds. The Morgan fingerprint density at radius 1 is 0.952 bits per heavy atom. The van der Waals surface area contributed by atoms with E-state index in [-0.39, 0.29) is 36.0 Å². The van der Waals surface area contributed by atoms with Gasteiger partial charge in [-0.25, -0.2) is 0 Å². The fraction of sp³-hybridized carbons (Fsp3) is 0.125. The summed E-state index contributed by atoms with van der Waals surface area (Å²) in [7, 11) is 0. The zero-order valence-corrected chi connectivity index (χ0v) is 13.8. The SMILES string of the molecule is O=C(NC(Cc1ccccc1)C(=O)[O-])c1ccccc1.[Na+]. The summed E-state index contributed by atoms with van der Waals surface area (Å²) in [6, 6.07) is 16.5. The first-order chi connectivity index (χ1) is 9.66. The maximum atomic E-state index is 11.9. The van der Waals surface area contributed by atoms with E-state index in [1.54, 1.807) is 30.3 Å². The topological polar surface area (TPSA) is 69.2 Å². The molecule has 0 saturated carbocycles. The van der Waals surface area contributed by atoms with E-state index in [1.165, 1.54) is 0 Å². The van der Waals surface area contributed by atoms with Crippen molar-refractivity contribution in [1.29, 1.82) is 0 Å². The Kier molecular flexibility index (Phi) is 7.15. The van der Waals surface area contributed by atoms with Gasteiger partial charge in [0.2, 0.25) is 0 Å². The van der Waals surface area contributed by atoms with Gasteiger partial charge in [0.15, 0.2) is 0 Å². The molecule has 0 heterocycles. The van der Waals surface area contributed by atoms with Crippen LogP contribution in [0.15, 0.2) is 60.7 Å². The fourth-order valence-electron chi connectivity index (χ4n) is 1.87. The molecule has 0 aliphatic carbocycles. The molecule has 0 radical (unpaired) electrons. The molecular weight excluding hydrogens is 277 g/mol. The van der Waals surface area contributed by atoms with Crippen LogP contribution in [-0.4, -0.2) is 17.9 Å². The molecule has 102 valence electrons. The maximum absolute atomic E-state index is 11.9. The smallest absolute Gasteiger partial charge is 0.548 e. The number of carboxylic acids is 1. The number of carbonyl (C=O) groups is 2. The van der Waals surface area contributed by atoms with Crippen LogP contribution in [-0.2, 0) is 11.2 Å². The van der Waals surface area contributed by atoms with Crippen molar-refractivity contribution in [2.75, 3.05) is 0 Å². The van der Waals surface area contributed by atoms with Crippen LogP contribution in [0.3, 0.4) is 0 Å². The summed E-state index contributed by atoms with van der Waals surface area (Å²) in [5.74, 6) is -1.71. The molecule has 4 nitrogen and oxygen atoms in total. The van der Waals surface area contributed by atoms with Gasteiger partial charge in [0.1, 0.15) is 0 Å². The second-order valence-corrected chi connectivity index (χ2v) is 4.40. The van der Waals surface area contributed by atoms with Gasteiger partial charge in [-0.3, -0.25) is 4.79 Å². The number of carboxylic acid groups (broad SMARTS) is 1. The van der Waals surface area contributed by atoms with E-state index in [4.69, 9.17) is 0 Å². The molecule has 2 rings (SSSR count). The minimum absolute atomic E-state index is 0. The molecule has 2 aromatic rings. The third-order valence-corrected chi connectivity index (χ3v) is 2.91. The molecule has 0 aliphatic heterocycles. The molecule has 0 spiro atoms. The molecule has 0 saturated heterocycles. The number of nitrogens with one attached hydrogen (secondary N) is 1. The average molecular weight is 291 g/mol. The van der Waals surface area contributed by atoms with Gasteiger partial charge in [0.25, 0.3) is 5.91 Å². The van der Waals surface area contributed by atoms with E-state index in [0.29, 0.717) is 5.56 Å². The van der Waals surface area contributed by atoms with Crippen molar-refractivity contribution in [3.8, 4) is 0 Å². The van der Waals surface area contributed by atoms with Crippen LogP contribution >= 0.6 is 0 Å². The van der Waals surface area contributed by atoms with E-state index in [1.807, 2.05) is 30.3 Å². The number of aliphatic carboxylic acids is 1. The van der Waals surface area contributed by atoms with Gasteiger partial charge in [-0.1, -0.05) is 48.5 Å². The number of hydrogen-bond acceptors (Lipinski definition) is 3. The van der Waals surface area contributed by atoms with Crippen LogP contribution in [0.4, 0.5) is 0 Å². The summed E-state index contributed by atoms with van der Waals surface area (Å²) in [4.78, 5) is 23.1. The second-order valence-electron chi connectivity index (χ2n) is 4.40. The number of hydrogen-bond donors (Lipinski definition) is 1. The van der Waals surface area contributed by atoms with Crippen LogP contribution in [0.25, 0.3) is 0 Å². The molecule has 0 aliphatic rings. The molecule has 0 fully saturated rings. The van der Waals surface area contributed by atoms with E-state index < -0.39 is 17.9 Å². The van der Waals surface area contributed by atoms with Gasteiger partial charge in [0.05, 0.1) is 12.0 Å². The Balaban J connectivity index is 0.00000220. The largest absolute Gasteiger partial charge is 1.00 e. The van der Waals surface area contributed by atoms with Gasteiger partial charge in [-0.05, 0) is 24.1 Å². The van der Waals surface area contributed by atoms with Crippen molar-refractivity contribution in [2.24, 2.45) is 0 Å². The summed E-state index contributed by atoms with van der Waals surface area (Å²) in [6.07, 6.45) is 0.196. The first kappa shape index (κ1) is 17.4. The van der Waals surface area contributed by atoms with Crippen molar-refractivity contribution in [1.82, 2.24) is 5.32 Å². The fourth-order valence-corrected chi connectivity index (χ4v) is 1.87. The Labute approximate surface area is 145 Å². The predicted octanol–water partition coefficient (Wildman–Crippen LogP) is -2.22. The molecule has 1 N–H and O–H groups in total. The summed E-state index contributed by atoms with van der Waals surface area (Å²) in [6.45, 7) is 0. The minimum atomic E-state index is -1.29. The summed E-state index contributed by atoms with van der Waals surface area (Å²) in [5, 5.41) is 13.6. The summed E-state index contributed by atoms with van der Waals surface area (Å²) >= 11 is 0. The van der Waals surface area contributed by atoms with Crippen molar-refractivity contribution in [3.05, 3.63) is 71.8 Å². The van der Waals surface area contributed by atoms with E-state index >= 15 is 0 Å². The van der Waals surface area contributed by atoms with Crippen molar-refractivity contribution in [3.63, 3.8) is 0 Å². The first-order valence-electron chi connectivity index (χ1n) is 6.27. The van der Waals surface area contributed by atoms with Gasteiger partial charge in [-0.2, -0.15) is 0 Å². The standard InChI is InChI=1S/C16H15NO3.Na/c18-15(13-9-5-2-6-10-13)17-14(16(19)20)11-12-7-3-1-4-8-12;/h1-10,14H,11H2,(H,17,18)(H,19,20);/q;+1/p-1. The van der Waals surface area contributed by atoms with E-state index in [9.17, 15) is 14.7 Å². The minimum Gasteiger partial charge on any atom is -0.548 e. The monoisotopic (exact) mass is 291 g/mol. The van der Waals surface area contributed by atoms with Gasteiger partial charge in [-0.15, -0.1) is 0 Å². The molecule has 1 atom stereocenters. The maximum Gasteiger partial charge on any atom is 1.00 e. The van der Waals surface area contributed by atoms with E-state index in [0.717, 1.165) is 5.56 Å². The third kappa shape index (κ3) is 5.34. The summed E-state index contributed by atoms with van der Waals surface area (Å²) in [5.41, 5.74) is 1.25. The number of amides is 1. The van der Waals surface area contributed by atoms with Crippen molar-refractivity contribution in [2.45, 2.75) is 12.5 Å². The summed E-state index contributed by atoms with van der Waals surface area (Å²) < 4.78 is 0. The quantitative estimate of drug-likeness (QED) is 0.635. The normalized spacial score (nSPS) is 11.0. The second kappa shape index (κ2) is 8.62. The van der Waals surface area contributed by atoms with Crippen molar-refractivity contribution < 1.29 is 44.3 Å². The predicted molar refractivity (Wildman–Crippen MR) is 72.8 cm³/mol. The molecule has 1 unspecified atom stereocenters. The Bertz CT molecular complexity index is 587. The Morgan fingerprint density at radius 2 is 1.48 bits per heavy atom. The average Bonchev–Trinajstić information content (AvgIpc) is 2.48. The third-order valence-electron chi connectivity index (χ3n) is 2.91. The molecule has 2 aromatic carbocycles. The van der Waals surface area contributed by atoms with Crippen LogP contribution in [0.2, 0.25) is 0 Å². The molecule has 5 heteroatoms. The van der Waals surface area contributed by atoms with Crippen molar-refractivity contribution >= 4 is 11.9 Å². The van der Waals surface area contributed by atoms with Crippen LogP contribution in [0.5, 0.6) is 0 Å². The number of benzene rings is 2. The molecule has 0 bridgehead atoms. The van der Waals surface area contributed by atoms with Crippen LogP contribution in [0.1, 0.15) is 15.9 Å². The van der Waals surface area contributed by atoms with Gasteiger partial charge >= 0.3 is 29.6 Å². The van der Waals surface area contributed by atoms with Gasteiger partial charge < -0.3 is 15.2 Å². The van der Waals surface area contributed by atoms with E-state index in [2.05, 4.69) is 5.32 Å². The Morgan fingerprint density at radius 3 is 2.00 bits per heavy atom. The first-order valence-corrected chi connectivity index (χ1v) is 6.27. The zero-order valence-electron chi connectivity index (χ0n) is 11.8. The number of carbonyl (C=O) groups excluding carboxylic acids is 2.